The first-order valence-electron chi connectivity index (χ1n) is 11.0. The van der Waals surface area contributed by atoms with E-state index in [1.165, 1.54) is 0 Å². The summed E-state index contributed by atoms with van der Waals surface area (Å²) in [5, 5.41) is 10.6. The minimum absolute atomic E-state index is 0.222. The maximum atomic E-state index is 5.41. The van der Waals surface area contributed by atoms with Gasteiger partial charge in [-0.05, 0) is 30.2 Å². The van der Waals surface area contributed by atoms with Crippen LogP contribution in [0.4, 0.5) is 11.4 Å². The predicted molar refractivity (Wildman–Crippen MR) is 134 cm³/mol. The SMILES string of the molecule is C=C(NC1=NC(c2ccccc2COC)Nc2ccccc21)c1ccccc1NCCC. The van der Waals surface area contributed by atoms with E-state index in [9.17, 15) is 0 Å². The predicted octanol–water partition coefficient (Wildman–Crippen LogP) is 5.79. The molecule has 5 nitrogen and oxygen atoms in total. The number of rotatable bonds is 8. The van der Waals surface area contributed by atoms with E-state index in [1.54, 1.807) is 7.11 Å². The number of benzene rings is 3. The molecular weight excluding hydrogens is 396 g/mol. The zero-order valence-corrected chi connectivity index (χ0v) is 18.7. The lowest BCUT2D eigenvalue weighted by Gasteiger charge is -2.28. The van der Waals surface area contributed by atoms with Crippen LogP contribution in [0.15, 0.2) is 84.4 Å². The van der Waals surface area contributed by atoms with Gasteiger partial charge in [0.15, 0.2) is 0 Å². The molecule has 0 aromatic heterocycles. The van der Waals surface area contributed by atoms with Gasteiger partial charge in [-0.25, -0.2) is 4.99 Å². The first kappa shape index (κ1) is 21.7. The molecule has 5 heteroatoms. The molecule has 1 heterocycles. The van der Waals surface area contributed by atoms with Crippen molar-refractivity contribution >= 4 is 22.9 Å². The van der Waals surface area contributed by atoms with Crippen molar-refractivity contribution in [2.24, 2.45) is 4.99 Å². The van der Waals surface area contributed by atoms with Gasteiger partial charge >= 0.3 is 0 Å². The summed E-state index contributed by atoms with van der Waals surface area (Å²) in [5.74, 6) is 0.798. The Bertz CT molecular complexity index is 1120. The van der Waals surface area contributed by atoms with Gasteiger partial charge in [-0.1, -0.05) is 68.1 Å². The molecule has 0 amide bonds. The van der Waals surface area contributed by atoms with Gasteiger partial charge in [-0.15, -0.1) is 0 Å². The largest absolute Gasteiger partial charge is 0.385 e. The third-order valence-corrected chi connectivity index (χ3v) is 5.47. The molecule has 0 radical (unpaired) electrons. The van der Waals surface area contributed by atoms with Crippen molar-refractivity contribution in [2.45, 2.75) is 26.1 Å². The molecule has 0 saturated heterocycles. The number of aliphatic imine (C=N–C) groups is 1. The number of methoxy groups -OCH3 is 1. The lowest BCUT2D eigenvalue weighted by atomic mass is 10.0. The Morgan fingerprint density at radius 2 is 1.78 bits per heavy atom. The fraction of sp³-hybridized carbons (Fsp3) is 0.222. The summed E-state index contributed by atoms with van der Waals surface area (Å²) in [4.78, 5) is 5.05. The van der Waals surface area contributed by atoms with E-state index in [0.29, 0.717) is 6.61 Å². The second-order valence-electron chi connectivity index (χ2n) is 7.78. The standard InChI is InChI=1S/C27H30N4O/c1-4-17-28-24-15-9-7-12-21(24)19(2)29-27-23-14-8-10-16-25(23)30-26(31-27)22-13-6-5-11-20(22)18-32-3/h5-16,26,28,30H,2,4,17-18H2,1,3H3,(H,29,31). The van der Waals surface area contributed by atoms with E-state index in [2.05, 4.69) is 65.9 Å². The fourth-order valence-electron chi connectivity index (χ4n) is 3.90. The summed E-state index contributed by atoms with van der Waals surface area (Å²) in [6.45, 7) is 7.94. The summed E-state index contributed by atoms with van der Waals surface area (Å²) < 4.78 is 5.41. The third-order valence-electron chi connectivity index (χ3n) is 5.47. The highest BCUT2D eigenvalue weighted by molar-refractivity contribution is 6.08. The van der Waals surface area contributed by atoms with Crippen LogP contribution in [-0.4, -0.2) is 19.5 Å². The van der Waals surface area contributed by atoms with Crippen LogP contribution in [0, 0.1) is 0 Å². The number of amidine groups is 1. The third kappa shape index (κ3) is 4.68. The van der Waals surface area contributed by atoms with Crippen LogP contribution in [0.2, 0.25) is 0 Å². The number of fused-ring (bicyclic) bond motifs is 1. The second kappa shape index (κ2) is 10.2. The van der Waals surface area contributed by atoms with Crippen molar-refractivity contribution in [2.75, 3.05) is 24.3 Å². The summed E-state index contributed by atoms with van der Waals surface area (Å²) in [6.07, 6.45) is 0.836. The summed E-state index contributed by atoms with van der Waals surface area (Å²) in [6, 6.07) is 24.7. The Morgan fingerprint density at radius 1 is 1.03 bits per heavy atom. The van der Waals surface area contributed by atoms with Gasteiger partial charge < -0.3 is 20.7 Å². The van der Waals surface area contributed by atoms with Crippen molar-refractivity contribution in [3.8, 4) is 0 Å². The van der Waals surface area contributed by atoms with Gasteiger partial charge in [-0.2, -0.15) is 0 Å². The first-order valence-corrected chi connectivity index (χ1v) is 11.0. The minimum atomic E-state index is -0.222. The lowest BCUT2D eigenvalue weighted by molar-refractivity contribution is 0.184. The average Bonchev–Trinajstić information content (AvgIpc) is 2.83. The van der Waals surface area contributed by atoms with Crippen molar-refractivity contribution in [1.82, 2.24) is 5.32 Å². The minimum Gasteiger partial charge on any atom is -0.385 e. The van der Waals surface area contributed by atoms with Crippen LogP contribution < -0.4 is 16.0 Å². The molecule has 0 fully saturated rings. The van der Waals surface area contributed by atoms with Gasteiger partial charge in [0.2, 0.25) is 0 Å². The molecule has 1 aliphatic rings. The number of hydrogen-bond donors (Lipinski definition) is 3. The molecule has 0 saturated carbocycles. The Hall–Kier alpha value is -3.57. The molecule has 3 N–H and O–H groups in total. The van der Waals surface area contributed by atoms with Crippen LogP contribution in [0.3, 0.4) is 0 Å². The maximum Gasteiger partial charge on any atom is 0.147 e. The topological polar surface area (TPSA) is 57.7 Å². The van der Waals surface area contributed by atoms with E-state index in [-0.39, 0.29) is 6.17 Å². The van der Waals surface area contributed by atoms with Crippen LogP contribution in [0.5, 0.6) is 0 Å². The molecule has 3 aromatic rings. The van der Waals surface area contributed by atoms with Gasteiger partial charge in [0.25, 0.3) is 0 Å². The van der Waals surface area contributed by atoms with Crippen molar-refractivity contribution in [3.63, 3.8) is 0 Å². The number of nitrogens with one attached hydrogen (secondary N) is 3. The molecule has 0 bridgehead atoms. The lowest BCUT2D eigenvalue weighted by Crippen LogP contribution is -2.30. The van der Waals surface area contributed by atoms with E-state index in [1.807, 2.05) is 36.4 Å². The second-order valence-corrected chi connectivity index (χ2v) is 7.78. The molecule has 164 valence electrons. The van der Waals surface area contributed by atoms with E-state index in [4.69, 9.17) is 9.73 Å². The van der Waals surface area contributed by atoms with Crippen LogP contribution in [-0.2, 0) is 11.3 Å². The molecule has 0 spiro atoms. The Morgan fingerprint density at radius 3 is 2.62 bits per heavy atom. The molecular formula is C27H30N4O. The summed E-state index contributed by atoms with van der Waals surface area (Å²) in [5.41, 5.74) is 7.18. The molecule has 1 aliphatic heterocycles. The van der Waals surface area contributed by atoms with Crippen LogP contribution >= 0.6 is 0 Å². The number of ether oxygens (including phenoxy) is 1. The van der Waals surface area contributed by atoms with E-state index >= 15 is 0 Å². The van der Waals surface area contributed by atoms with E-state index < -0.39 is 0 Å². The summed E-state index contributed by atoms with van der Waals surface area (Å²) >= 11 is 0. The summed E-state index contributed by atoms with van der Waals surface area (Å²) in [7, 11) is 1.71. The molecule has 32 heavy (non-hydrogen) atoms. The van der Waals surface area contributed by atoms with Gasteiger partial charge in [-0.3, -0.25) is 0 Å². The quantitative estimate of drug-likeness (QED) is 0.427. The Balaban J connectivity index is 1.68. The average molecular weight is 427 g/mol. The van der Waals surface area contributed by atoms with Crippen LogP contribution in [0.25, 0.3) is 5.70 Å². The monoisotopic (exact) mass is 426 g/mol. The fourth-order valence-corrected chi connectivity index (χ4v) is 3.90. The molecule has 0 aliphatic carbocycles. The van der Waals surface area contributed by atoms with Crippen LogP contribution in [0.1, 0.15) is 41.8 Å². The number of hydrogen-bond acceptors (Lipinski definition) is 5. The normalized spacial score (nSPS) is 14.7. The smallest absolute Gasteiger partial charge is 0.147 e. The zero-order valence-electron chi connectivity index (χ0n) is 18.7. The van der Waals surface area contributed by atoms with Crippen molar-refractivity contribution < 1.29 is 4.74 Å². The van der Waals surface area contributed by atoms with Crippen molar-refractivity contribution in [1.29, 1.82) is 0 Å². The molecule has 1 unspecified atom stereocenters. The van der Waals surface area contributed by atoms with Gasteiger partial charge in [0, 0.05) is 47.4 Å². The molecule has 3 aromatic carbocycles. The zero-order chi connectivity index (χ0) is 22.3. The Kier molecular flexibility index (Phi) is 6.87. The van der Waals surface area contributed by atoms with Gasteiger partial charge in [0.1, 0.15) is 12.0 Å². The first-order chi connectivity index (χ1) is 15.7. The molecule has 4 rings (SSSR count). The number of anilines is 2. The van der Waals surface area contributed by atoms with Gasteiger partial charge in [0.05, 0.1) is 6.61 Å². The number of para-hydroxylation sites is 2. The van der Waals surface area contributed by atoms with Crippen molar-refractivity contribution in [3.05, 3.63) is 102 Å². The Labute approximate surface area is 190 Å². The van der Waals surface area contributed by atoms with E-state index in [0.717, 1.165) is 58.1 Å². The highest BCUT2D eigenvalue weighted by Crippen LogP contribution is 2.32. The highest BCUT2D eigenvalue weighted by Gasteiger charge is 2.23. The highest BCUT2D eigenvalue weighted by atomic mass is 16.5. The number of nitrogens with zero attached hydrogens (tertiary/aromatic N) is 1. The molecule has 1 atom stereocenters. The maximum absolute atomic E-state index is 5.41.